The van der Waals surface area contributed by atoms with E-state index >= 15 is 0 Å². The summed E-state index contributed by atoms with van der Waals surface area (Å²) in [4.78, 5) is 28.0. The largest absolute Gasteiger partial charge is 0.497 e. The highest BCUT2D eigenvalue weighted by atomic mass is 127. The molecule has 6 heteroatoms. The van der Waals surface area contributed by atoms with Crippen molar-refractivity contribution in [3.05, 3.63) is 57.7 Å². The summed E-state index contributed by atoms with van der Waals surface area (Å²) in [6.45, 7) is 9.59. The van der Waals surface area contributed by atoms with Gasteiger partial charge in [-0.2, -0.15) is 0 Å². The van der Waals surface area contributed by atoms with E-state index in [1.54, 1.807) is 18.9 Å². The molecule has 1 N–H and O–H groups in total. The fourth-order valence-corrected chi connectivity index (χ4v) is 3.97. The number of carbonyl (C=O) groups excluding carboxylic acids is 2. The van der Waals surface area contributed by atoms with Gasteiger partial charge in [0, 0.05) is 15.5 Å². The van der Waals surface area contributed by atoms with Crippen LogP contribution in [0.4, 0.5) is 5.69 Å². The van der Waals surface area contributed by atoms with Gasteiger partial charge in [-0.15, -0.1) is 0 Å². The Morgan fingerprint density at radius 1 is 1.10 bits per heavy atom. The number of hydrogen-bond acceptors (Lipinski definition) is 3. The summed E-state index contributed by atoms with van der Waals surface area (Å²) in [6, 6.07) is 14.8. The molecule has 0 spiro atoms. The highest BCUT2D eigenvalue weighted by Gasteiger charge is 2.31. The van der Waals surface area contributed by atoms with Crippen LogP contribution in [-0.4, -0.2) is 30.5 Å². The zero-order valence-electron chi connectivity index (χ0n) is 18.5. The second-order valence-corrected chi connectivity index (χ2v) is 9.67. The van der Waals surface area contributed by atoms with E-state index in [-0.39, 0.29) is 23.3 Å². The first-order valence-corrected chi connectivity index (χ1v) is 11.1. The summed E-state index contributed by atoms with van der Waals surface area (Å²) in [5.41, 5.74) is 1.42. The van der Waals surface area contributed by atoms with Gasteiger partial charge in [-0.3, -0.25) is 14.5 Å². The maximum atomic E-state index is 13.5. The first-order valence-electron chi connectivity index (χ1n) is 10.1. The zero-order chi connectivity index (χ0) is 22.5. The lowest BCUT2D eigenvalue weighted by Gasteiger charge is -2.32. The number of nitrogens with zero attached hydrogens (tertiary/aromatic N) is 1. The Morgan fingerprint density at radius 2 is 1.73 bits per heavy atom. The Morgan fingerprint density at radius 3 is 2.27 bits per heavy atom. The third-order valence-electron chi connectivity index (χ3n) is 4.80. The number of nitrogens with one attached hydrogen (secondary N) is 1. The SMILES string of the molecule is COc1ccc(N(C(=O)C[C@H](C)c2ccccc2)[C@H](C)C(=O)NC(C)(C)C)c(I)c1. The van der Waals surface area contributed by atoms with Crippen molar-refractivity contribution in [2.75, 3.05) is 12.0 Å². The maximum Gasteiger partial charge on any atom is 0.243 e. The van der Waals surface area contributed by atoms with Crippen LogP contribution in [0.25, 0.3) is 0 Å². The monoisotopic (exact) mass is 522 g/mol. The molecule has 162 valence electrons. The minimum absolute atomic E-state index is 0.0370. The molecular weight excluding hydrogens is 491 g/mol. The number of amides is 2. The Kier molecular flexibility index (Phi) is 8.29. The van der Waals surface area contributed by atoms with E-state index in [9.17, 15) is 9.59 Å². The summed E-state index contributed by atoms with van der Waals surface area (Å²) in [6.07, 6.45) is 0.305. The predicted octanol–water partition coefficient (Wildman–Crippen LogP) is 5.13. The number of hydrogen-bond donors (Lipinski definition) is 1. The smallest absolute Gasteiger partial charge is 0.243 e. The molecule has 0 aromatic heterocycles. The van der Waals surface area contributed by atoms with Crippen molar-refractivity contribution in [1.29, 1.82) is 0 Å². The molecule has 2 aromatic carbocycles. The van der Waals surface area contributed by atoms with E-state index in [4.69, 9.17) is 4.74 Å². The van der Waals surface area contributed by atoms with Gasteiger partial charge in [0.2, 0.25) is 11.8 Å². The first kappa shape index (κ1) is 24.2. The molecule has 0 radical (unpaired) electrons. The van der Waals surface area contributed by atoms with Gasteiger partial charge in [0.15, 0.2) is 0 Å². The standard InChI is InChI=1S/C24H31IN2O3/c1-16(18-10-8-7-9-11-18)14-22(28)27(17(2)23(29)26-24(3,4)5)21-13-12-19(30-6)15-20(21)25/h7-13,15-17H,14H2,1-6H3,(H,26,29)/t16-,17+/m0/s1. The highest BCUT2D eigenvalue weighted by Crippen LogP contribution is 2.31. The quantitative estimate of drug-likeness (QED) is 0.513. The fraction of sp³-hybridized carbons (Fsp3) is 0.417. The average Bonchev–Trinajstić information content (AvgIpc) is 2.68. The minimum Gasteiger partial charge on any atom is -0.497 e. The van der Waals surface area contributed by atoms with E-state index in [1.807, 2.05) is 76.2 Å². The minimum atomic E-state index is -0.651. The lowest BCUT2D eigenvalue weighted by atomic mass is 9.96. The first-order chi connectivity index (χ1) is 14.0. The van der Waals surface area contributed by atoms with E-state index in [0.29, 0.717) is 17.9 Å². The summed E-state index contributed by atoms with van der Waals surface area (Å²) in [5, 5.41) is 2.99. The van der Waals surface area contributed by atoms with Crippen LogP contribution in [0.5, 0.6) is 5.75 Å². The van der Waals surface area contributed by atoms with Crippen LogP contribution in [0.1, 0.15) is 52.5 Å². The molecular formula is C24H31IN2O3. The summed E-state index contributed by atoms with van der Waals surface area (Å²) < 4.78 is 6.15. The van der Waals surface area contributed by atoms with Crippen LogP contribution in [0.15, 0.2) is 48.5 Å². The van der Waals surface area contributed by atoms with Gasteiger partial charge in [0.1, 0.15) is 11.8 Å². The molecule has 5 nitrogen and oxygen atoms in total. The van der Waals surface area contributed by atoms with Crippen LogP contribution in [0.3, 0.4) is 0 Å². The van der Waals surface area contributed by atoms with E-state index < -0.39 is 6.04 Å². The molecule has 0 saturated carbocycles. The molecule has 0 bridgehead atoms. The molecule has 0 saturated heterocycles. The van der Waals surface area contributed by atoms with E-state index in [0.717, 1.165) is 9.13 Å². The Hall–Kier alpha value is -2.09. The highest BCUT2D eigenvalue weighted by molar-refractivity contribution is 14.1. The van der Waals surface area contributed by atoms with Crippen LogP contribution >= 0.6 is 22.6 Å². The number of ether oxygens (including phenoxy) is 1. The number of halogens is 1. The number of rotatable bonds is 7. The summed E-state index contributed by atoms with van der Waals surface area (Å²) in [5.74, 6) is 0.468. The van der Waals surface area contributed by atoms with Crippen LogP contribution in [0, 0.1) is 3.57 Å². The normalized spacial score (nSPS) is 13.3. The van der Waals surface area contributed by atoms with Gasteiger partial charge in [0.05, 0.1) is 12.8 Å². The predicted molar refractivity (Wildman–Crippen MR) is 130 cm³/mol. The van der Waals surface area contributed by atoms with Crippen molar-refractivity contribution in [2.24, 2.45) is 0 Å². The van der Waals surface area contributed by atoms with Crippen LogP contribution in [-0.2, 0) is 9.59 Å². The maximum absolute atomic E-state index is 13.5. The summed E-state index contributed by atoms with van der Waals surface area (Å²) >= 11 is 2.18. The van der Waals surface area contributed by atoms with Crippen molar-refractivity contribution in [3.8, 4) is 5.75 Å². The van der Waals surface area contributed by atoms with Crippen molar-refractivity contribution in [1.82, 2.24) is 5.32 Å². The molecule has 0 unspecified atom stereocenters. The Balaban J connectivity index is 2.37. The molecule has 0 aliphatic rings. The number of benzene rings is 2. The molecule has 0 fully saturated rings. The van der Waals surface area contributed by atoms with Gasteiger partial charge in [-0.25, -0.2) is 0 Å². The van der Waals surface area contributed by atoms with Crippen molar-refractivity contribution in [2.45, 2.75) is 58.5 Å². The second kappa shape index (κ2) is 10.3. The average molecular weight is 522 g/mol. The van der Waals surface area contributed by atoms with Crippen LogP contribution < -0.4 is 15.0 Å². The third kappa shape index (κ3) is 6.45. The number of carbonyl (C=O) groups is 2. The lowest BCUT2D eigenvalue weighted by Crippen LogP contribution is -2.53. The zero-order valence-corrected chi connectivity index (χ0v) is 20.7. The van der Waals surface area contributed by atoms with Gasteiger partial charge >= 0.3 is 0 Å². The van der Waals surface area contributed by atoms with E-state index in [2.05, 4.69) is 27.9 Å². The second-order valence-electron chi connectivity index (χ2n) is 8.51. The van der Waals surface area contributed by atoms with Gasteiger partial charge < -0.3 is 10.1 Å². The topological polar surface area (TPSA) is 58.6 Å². The van der Waals surface area contributed by atoms with E-state index in [1.165, 1.54) is 0 Å². The van der Waals surface area contributed by atoms with Crippen molar-refractivity contribution in [3.63, 3.8) is 0 Å². The molecule has 0 aliphatic heterocycles. The molecule has 2 amide bonds. The fourth-order valence-electron chi connectivity index (χ4n) is 3.22. The molecule has 30 heavy (non-hydrogen) atoms. The molecule has 0 aliphatic carbocycles. The molecule has 0 heterocycles. The molecule has 2 rings (SSSR count). The number of anilines is 1. The van der Waals surface area contributed by atoms with Crippen molar-refractivity contribution < 1.29 is 14.3 Å². The van der Waals surface area contributed by atoms with Crippen LogP contribution in [0.2, 0.25) is 0 Å². The Labute approximate surface area is 193 Å². The molecule has 2 aromatic rings. The Bertz CT molecular complexity index is 878. The van der Waals surface area contributed by atoms with Crippen molar-refractivity contribution >= 4 is 40.1 Å². The third-order valence-corrected chi connectivity index (χ3v) is 5.66. The van der Waals surface area contributed by atoms with Gasteiger partial charge in [0.25, 0.3) is 0 Å². The van der Waals surface area contributed by atoms with Gasteiger partial charge in [-0.05, 0) is 80.0 Å². The number of methoxy groups -OCH3 is 1. The van der Waals surface area contributed by atoms with Gasteiger partial charge in [-0.1, -0.05) is 37.3 Å². The molecule has 2 atom stereocenters. The summed E-state index contributed by atoms with van der Waals surface area (Å²) in [7, 11) is 1.61. The lowest BCUT2D eigenvalue weighted by molar-refractivity contribution is -0.127.